The summed E-state index contributed by atoms with van der Waals surface area (Å²) in [6.07, 6.45) is 3.38. The molecule has 1 amide bonds. The van der Waals surface area contributed by atoms with E-state index in [2.05, 4.69) is 4.90 Å². The number of amides is 1. The fourth-order valence-corrected chi connectivity index (χ4v) is 2.55. The second-order valence-electron chi connectivity index (χ2n) is 5.35. The van der Waals surface area contributed by atoms with Crippen molar-refractivity contribution < 1.29 is 4.79 Å². The van der Waals surface area contributed by atoms with E-state index in [-0.39, 0.29) is 11.5 Å². The van der Waals surface area contributed by atoms with Crippen molar-refractivity contribution in [1.82, 2.24) is 14.4 Å². The molecule has 0 aliphatic carbocycles. The largest absolute Gasteiger partial charge is 0.341 e. The molecule has 1 saturated heterocycles. The Kier molecular flexibility index (Phi) is 4.95. The molecule has 20 heavy (non-hydrogen) atoms. The van der Waals surface area contributed by atoms with Crippen LogP contribution in [-0.2, 0) is 18.4 Å². The van der Waals surface area contributed by atoms with Gasteiger partial charge in [-0.15, -0.1) is 0 Å². The highest BCUT2D eigenvalue weighted by atomic mass is 16.2. The maximum Gasteiger partial charge on any atom is 0.250 e. The monoisotopic (exact) mass is 277 g/mol. The Morgan fingerprint density at radius 1 is 1.25 bits per heavy atom. The summed E-state index contributed by atoms with van der Waals surface area (Å²) in [5, 5.41) is 0. The summed E-state index contributed by atoms with van der Waals surface area (Å²) in [4.78, 5) is 27.6. The lowest BCUT2D eigenvalue weighted by molar-refractivity contribution is -0.130. The number of hydrogen-bond acceptors (Lipinski definition) is 3. The molecule has 0 N–H and O–H groups in total. The first-order chi connectivity index (χ1) is 9.60. The Morgan fingerprint density at radius 3 is 2.75 bits per heavy atom. The van der Waals surface area contributed by atoms with E-state index >= 15 is 0 Å². The van der Waals surface area contributed by atoms with Crippen molar-refractivity contribution in [2.75, 3.05) is 26.2 Å². The Hall–Kier alpha value is -1.62. The molecule has 5 nitrogen and oxygen atoms in total. The average molecular weight is 277 g/mol. The summed E-state index contributed by atoms with van der Waals surface area (Å²) in [5.41, 5.74) is 1.07. The van der Waals surface area contributed by atoms with E-state index < -0.39 is 0 Å². The van der Waals surface area contributed by atoms with Crippen molar-refractivity contribution in [3.63, 3.8) is 0 Å². The van der Waals surface area contributed by atoms with Crippen LogP contribution >= 0.6 is 0 Å². The highest BCUT2D eigenvalue weighted by Gasteiger charge is 2.17. The third kappa shape index (κ3) is 3.70. The summed E-state index contributed by atoms with van der Waals surface area (Å²) in [7, 11) is 1.76. The zero-order chi connectivity index (χ0) is 14.5. The molecule has 0 bridgehead atoms. The van der Waals surface area contributed by atoms with E-state index in [0.29, 0.717) is 6.42 Å². The fourth-order valence-electron chi connectivity index (χ4n) is 2.55. The summed E-state index contributed by atoms with van der Waals surface area (Å²) >= 11 is 0. The lowest BCUT2D eigenvalue weighted by Crippen LogP contribution is -2.34. The molecule has 0 saturated carbocycles. The van der Waals surface area contributed by atoms with E-state index in [0.717, 1.165) is 44.7 Å². The van der Waals surface area contributed by atoms with Crippen molar-refractivity contribution in [2.24, 2.45) is 7.05 Å². The van der Waals surface area contributed by atoms with Crippen LogP contribution in [0.5, 0.6) is 0 Å². The number of pyridine rings is 1. The third-order valence-electron chi connectivity index (χ3n) is 3.82. The SMILES string of the molecule is CCC(=O)N1CCCN(Cc2ccn(C)c(=O)c2)CC1. The number of carbonyl (C=O) groups is 1. The fraction of sp³-hybridized carbons (Fsp3) is 0.600. The van der Waals surface area contributed by atoms with Crippen molar-refractivity contribution >= 4 is 5.91 Å². The molecular weight excluding hydrogens is 254 g/mol. The third-order valence-corrected chi connectivity index (χ3v) is 3.82. The van der Waals surface area contributed by atoms with Crippen LogP contribution in [0.4, 0.5) is 0 Å². The molecule has 1 aromatic heterocycles. The van der Waals surface area contributed by atoms with Crippen LogP contribution < -0.4 is 5.56 Å². The molecule has 1 fully saturated rings. The first-order valence-corrected chi connectivity index (χ1v) is 7.26. The minimum Gasteiger partial charge on any atom is -0.341 e. The van der Waals surface area contributed by atoms with E-state index in [1.165, 1.54) is 0 Å². The van der Waals surface area contributed by atoms with Crippen LogP contribution in [0.15, 0.2) is 23.1 Å². The molecule has 1 aromatic rings. The van der Waals surface area contributed by atoms with E-state index in [9.17, 15) is 9.59 Å². The quantitative estimate of drug-likeness (QED) is 0.822. The molecule has 0 aromatic carbocycles. The molecule has 2 heterocycles. The molecular formula is C15H23N3O2. The predicted octanol–water partition coefficient (Wildman–Crippen LogP) is 0.830. The number of aryl methyl sites for hydroxylation is 1. The molecule has 0 radical (unpaired) electrons. The summed E-state index contributed by atoms with van der Waals surface area (Å²) in [6, 6.07) is 3.68. The number of rotatable bonds is 3. The molecule has 110 valence electrons. The molecule has 0 unspecified atom stereocenters. The van der Waals surface area contributed by atoms with Gasteiger partial charge in [0.15, 0.2) is 0 Å². The van der Waals surface area contributed by atoms with Gasteiger partial charge in [-0.05, 0) is 18.1 Å². The van der Waals surface area contributed by atoms with Crippen molar-refractivity contribution in [3.05, 3.63) is 34.2 Å². The van der Waals surface area contributed by atoms with Gasteiger partial charge in [-0.1, -0.05) is 6.92 Å². The smallest absolute Gasteiger partial charge is 0.250 e. The lowest BCUT2D eigenvalue weighted by atomic mass is 10.2. The van der Waals surface area contributed by atoms with Gasteiger partial charge in [-0.25, -0.2) is 0 Å². The van der Waals surface area contributed by atoms with Crippen molar-refractivity contribution in [3.8, 4) is 0 Å². The number of aromatic nitrogens is 1. The molecule has 2 rings (SSSR count). The summed E-state index contributed by atoms with van der Waals surface area (Å²) < 4.78 is 1.58. The van der Waals surface area contributed by atoms with Gasteiger partial charge in [0.25, 0.3) is 5.56 Å². The minimum atomic E-state index is 0.0279. The van der Waals surface area contributed by atoms with Crippen molar-refractivity contribution in [1.29, 1.82) is 0 Å². The van der Waals surface area contributed by atoms with Gasteiger partial charge in [0.05, 0.1) is 0 Å². The summed E-state index contributed by atoms with van der Waals surface area (Å²) in [6.45, 7) is 6.18. The Bertz CT molecular complexity index is 524. The molecule has 1 aliphatic rings. The lowest BCUT2D eigenvalue weighted by Gasteiger charge is -2.21. The predicted molar refractivity (Wildman–Crippen MR) is 78.4 cm³/mol. The highest BCUT2D eigenvalue weighted by molar-refractivity contribution is 5.75. The number of carbonyl (C=O) groups excluding carboxylic acids is 1. The number of hydrogen-bond donors (Lipinski definition) is 0. The van der Waals surface area contributed by atoms with Gasteiger partial charge in [0.2, 0.25) is 5.91 Å². The number of nitrogens with zero attached hydrogens (tertiary/aromatic N) is 3. The Labute approximate surface area is 119 Å². The van der Waals surface area contributed by atoms with Gasteiger partial charge in [0.1, 0.15) is 0 Å². The van der Waals surface area contributed by atoms with Gasteiger partial charge >= 0.3 is 0 Å². The van der Waals surface area contributed by atoms with Crippen molar-refractivity contribution in [2.45, 2.75) is 26.3 Å². The Balaban J connectivity index is 1.95. The molecule has 0 spiro atoms. The summed E-state index contributed by atoms with van der Waals surface area (Å²) in [5.74, 6) is 0.237. The van der Waals surface area contributed by atoms with Crippen LogP contribution in [0.3, 0.4) is 0 Å². The van der Waals surface area contributed by atoms with Gasteiger partial charge < -0.3 is 9.47 Å². The van der Waals surface area contributed by atoms with Crippen LogP contribution in [0, 0.1) is 0 Å². The van der Waals surface area contributed by atoms with E-state index in [1.807, 2.05) is 24.1 Å². The van der Waals surface area contributed by atoms with Gasteiger partial charge in [0, 0.05) is 58.5 Å². The normalized spacial score (nSPS) is 17.0. The minimum absolute atomic E-state index is 0.0279. The first kappa shape index (κ1) is 14.8. The van der Waals surface area contributed by atoms with Gasteiger partial charge in [-0.3, -0.25) is 14.5 Å². The zero-order valence-corrected chi connectivity index (χ0v) is 12.3. The van der Waals surface area contributed by atoms with Crippen LogP contribution in [0.25, 0.3) is 0 Å². The van der Waals surface area contributed by atoms with Crippen LogP contribution in [0.1, 0.15) is 25.3 Å². The van der Waals surface area contributed by atoms with E-state index in [4.69, 9.17) is 0 Å². The highest BCUT2D eigenvalue weighted by Crippen LogP contribution is 2.08. The standard InChI is InChI=1S/C15H23N3O2/c1-3-14(19)18-7-4-6-17(9-10-18)12-13-5-8-16(2)15(20)11-13/h5,8,11H,3-4,6-7,9-10,12H2,1-2H3. The van der Waals surface area contributed by atoms with Gasteiger partial charge in [-0.2, -0.15) is 0 Å². The average Bonchev–Trinajstić information content (AvgIpc) is 2.68. The maximum atomic E-state index is 11.7. The van der Waals surface area contributed by atoms with Crippen LogP contribution in [-0.4, -0.2) is 46.5 Å². The topological polar surface area (TPSA) is 45.6 Å². The molecule has 1 aliphatic heterocycles. The first-order valence-electron chi connectivity index (χ1n) is 7.26. The van der Waals surface area contributed by atoms with Crippen LogP contribution in [0.2, 0.25) is 0 Å². The second kappa shape index (κ2) is 6.70. The zero-order valence-electron chi connectivity index (χ0n) is 12.3. The maximum absolute atomic E-state index is 11.7. The molecule has 5 heteroatoms. The Morgan fingerprint density at radius 2 is 2.05 bits per heavy atom. The van der Waals surface area contributed by atoms with E-state index in [1.54, 1.807) is 17.7 Å². The second-order valence-corrected chi connectivity index (χ2v) is 5.35. The molecule has 0 atom stereocenters.